The molecule has 5 rings (SSSR count). The number of anilines is 1. The molecule has 2 aromatic rings. The lowest BCUT2D eigenvalue weighted by atomic mass is 9.89. The Morgan fingerprint density at radius 2 is 1.78 bits per heavy atom. The summed E-state index contributed by atoms with van der Waals surface area (Å²) in [4.78, 5) is 29.9. The number of hydrogen-bond acceptors (Lipinski definition) is 5. The molecule has 3 fully saturated rings. The maximum atomic E-state index is 13.2. The first-order valence-corrected chi connectivity index (χ1v) is 13.0. The summed E-state index contributed by atoms with van der Waals surface area (Å²) in [5, 5.41) is 3.00. The minimum atomic E-state index is -0.490. The zero-order valence-electron chi connectivity index (χ0n) is 20.9. The van der Waals surface area contributed by atoms with Crippen LogP contribution in [0.3, 0.4) is 0 Å². The lowest BCUT2D eigenvalue weighted by molar-refractivity contribution is -0.181. The number of benzene rings is 2. The number of ether oxygens (including phenoxy) is 3. The first-order valence-electron chi connectivity index (χ1n) is 13.0. The van der Waals surface area contributed by atoms with Crippen molar-refractivity contribution < 1.29 is 23.8 Å². The molecule has 0 saturated carbocycles. The van der Waals surface area contributed by atoms with Crippen molar-refractivity contribution >= 4 is 17.6 Å². The molecule has 0 radical (unpaired) electrons. The quantitative estimate of drug-likeness (QED) is 0.665. The Labute approximate surface area is 212 Å². The van der Waals surface area contributed by atoms with Crippen LogP contribution < -0.4 is 10.1 Å². The number of nitrogens with one attached hydrogen (secondary N) is 1. The number of likely N-dealkylation sites (tertiary alicyclic amines) is 2. The molecule has 3 aliphatic heterocycles. The average molecular weight is 494 g/mol. The van der Waals surface area contributed by atoms with Gasteiger partial charge in [0.05, 0.1) is 19.8 Å². The van der Waals surface area contributed by atoms with Crippen LogP contribution in [0.5, 0.6) is 5.75 Å². The standard InChI is InChI=1S/C28H35N3O5/c1-2-34-25-10-8-24(9-11-25)29-27(33)31-14-4-7-23(20-31)21-5-3-6-22(19-21)26(32)30-15-12-28(13-16-30)35-17-18-36-28/h3,5-6,8-11,19,23H,2,4,7,12-18,20H2,1H3,(H,29,33)/t23-/m1/s1. The van der Waals surface area contributed by atoms with E-state index < -0.39 is 5.79 Å². The monoisotopic (exact) mass is 493 g/mol. The fraction of sp³-hybridized carbons (Fsp3) is 0.500. The van der Waals surface area contributed by atoms with Crippen molar-refractivity contribution in [2.75, 3.05) is 51.3 Å². The third-order valence-electron chi connectivity index (χ3n) is 7.36. The topological polar surface area (TPSA) is 80.3 Å². The predicted octanol–water partition coefficient (Wildman–Crippen LogP) is 4.48. The summed E-state index contributed by atoms with van der Waals surface area (Å²) in [5.41, 5.74) is 2.55. The molecule has 0 unspecified atom stereocenters. The van der Waals surface area contributed by atoms with Gasteiger partial charge in [0, 0.05) is 56.2 Å². The SMILES string of the molecule is CCOc1ccc(NC(=O)N2CCC[C@@H](c3cccc(C(=O)N4CCC5(CC4)OCCO5)c3)C2)cc1. The highest BCUT2D eigenvalue weighted by molar-refractivity contribution is 5.94. The normalized spacial score (nSPS) is 21.4. The molecule has 0 aromatic heterocycles. The van der Waals surface area contributed by atoms with E-state index >= 15 is 0 Å². The molecule has 8 nitrogen and oxygen atoms in total. The van der Waals surface area contributed by atoms with Crippen molar-refractivity contribution in [2.45, 2.75) is 44.3 Å². The molecule has 1 N–H and O–H groups in total. The molecule has 2 aromatic carbocycles. The van der Waals surface area contributed by atoms with Gasteiger partial charge < -0.3 is 29.3 Å². The third kappa shape index (κ3) is 5.50. The van der Waals surface area contributed by atoms with Gasteiger partial charge in [-0.05, 0) is 61.7 Å². The Kier molecular flexibility index (Phi) is 7.43. The van der Waals surface area contributed by atoms with Crippen molar-refractivity contribution in [3.05, 3.63) is 59.7 Å². The van der Waals surface area contributed by atoms with E-state index in [1.807, 2.05) is 59.2 Å². The number of nitrogens with zero attached hydrogens (tertiary/aromatic N) is 2. The summed E-state index contributed by atoms with van der Waals surface area (Å²) in [6.45, 7) is 6.42. The molecule has 8 heteroatoms. The first kappa shape index (κ1) is 24.6. The van der Waals surface area contributed by atoms with E-state index in [1.165, 1.54) is 0 Å². The van der Waals surface area contributed by atoms with E-state index in [0.717, 1.165) is 36.4 Å². The molecule has 1 spiro atoms. The smallest absolute Gasteiger partial charge is 0.321 e. The van der Waals surface area contributed by atoms with Gasteiger partial charge in [-0.1, -0.05) is 12.1 Å². The minimum Gasteiger partial charge on any atom is -0.494 e. The van der Waals surface area contributed by atoms with Crippen LogP contribution in [0.4, 0.5) is 10.5 Å². The number of amides is 3. The van der Waals surface area contributed by atoms with Gasteiger partial charge in [0.25, 0.3) is 5.91 Å². The maximum Gasteiger partial charge on any atom is 0.321 e. The molecule has 3 amide bonds. The van der Waals surface area contributed by atoms with Crippen LogP contribution in [0.1, 0.15) is 54.4 Å². The van der Waals surface area contributed by atoms with Crippen molar-refractivity contribution in [1.82, 2.24) is 9.80 Å². The molecule has 3 saturated heterocycles. The largest absolute Gasteiger partial charge is 0.494 e. The Bertz CT molecular complexity index is 1060. The fourth-order valence-corrected chi connectivity index (χ4v) is 5.38. The van der Waals surface area contributed by atoms with Gasteiger partial charge in [0.2, 0.25) is 0 Å². The second-order valence-corrected chi connectivity index (χ2v) is 9.70. The fourth-order valence-electron chi connectivity index (χ4n) is 5.38. The van der Waals surface area contributed by atoms with Crippen molar-refractivity contribution in [3.8, 4) is 5.75 Å². The van der Waals surface area contributed by atoms with Crippen LogP contribution in [-0.4, -0.2) is 73.5 Å². The molecule has 3 heterocycles. The van der Waals surface area contributed by atoms with Crippen molar-refractivity contribution in [3.63, 3.8) is 0 Å². The van der Waals surface area contributed by atoms with Crippen LogP contribution in [0, 0.1) is 0 Å². The molecular formula is C28H35N3O5. The van der Waals surface area contributed by atoms with E-state index in [4.69, 9.17) is 14.2 Å². The van der Waals surface area contributed by atoms with Gasteiger partial charge in [-0.25, -0.2) is 4.79 Å². The summed E-state index contributed by atoms with van der Waals surface area (Å²) in [7, 11) is 0. The summed E-state index contributed by atoms with van der Waals surface area (Å²) in [5.74, 6) is 0.538. The van der Waals surface area contributed by atoms with Crippen LogP contribution in [0.2, 0.25) is 0 Å². The molecule has 0 aliphatic carbocycles. The van der Waals surface area contributed by atoms with Gasteiger partial charge in [0.1, 0.15) is 5.75 Å². The zero-order chi connectivity index (χ0) is 25.0. The Morgan fingerprint density at radius 1 is 1.03 bits per heavy atom. The Balaban J connectivity index is 1.19. The van der Waals surface area contributed by atoms with E-state index in [1.54, 1.807) is 0 Å². The summed E-state index contributed by atoms with van der Waals surface area (Å²) >= 11 is 0. The molecule has 36 heavy (non-hydrogen) atoms. The number of carbonyl (C=O) groups excluding carboxylic acids is 2. The van der Waals surface area contributed by atoms with E-state index in [0.29, 0.717) is 57.9 Å². The highest BCUT2D eigenvalue weighted by atomic mass is 16.7. The lowest BCUT2D eigenvalue weighted by Gasteiger charge is -2.37. The van der Waals surface area contributed by atoms with Gasteiger partial charge in [-0.3, -0.25) is 4.79 Å². The van der Waals surface area contributed by atoms with Gasteiger partial charge in [-0.15, -0.1) is 0 Å². The van der Waals surface area contributed by atoms with Crippen LogP contribution >= 0.6 is 0 Å². The second-order valence-electron chi connectivity index (χ2n) is 9.70. The molecule has 192 valence electrons. The number of rotatable bonds is 5. The number of piperidine rings is 2. The van der Waals surface area contributed by atoms with Crippen molar-refractivity contribution in [2.24, 2.45) is 0 Å². The molecule has 0 bridgehead atoms. The predicted molar refractivity (Wildman–Crippen MR) is 136 cm³/mol. The summed E-state index contributed by atoms with van der Waals surface area (Å²) in [6.07, 6.45) is 3.33. The second kappa shape index (κ2) is 10.9. The zero-order valence-corrected chi connectivity index (χ0v) is 20.9. The molecule has 1 atom stereocenters. The van der Waals surface area contributed by atoms with E-state index in [2.05, 4.69) is 11.4 Å². The van der Waals surface area contributed by atoms with Crippen LogP contribution in [0.15, 0.2) is 48.5 Å². The number of urea groups is 1. The molecular weight excluding hydrogens is 458 g/mol. The maximum absolute atomic E-state index is 13.2. The third-order valence-corrected chi connectivity index (χ3v) is 7.36. The first-order chi connectivity index (χ1) is 17.5. The lowest BCUT2D eigenvalue weighted by Crippen LogP contribution is -2.47. The van der Waals surface area contributed by atoms with Crippen LogP contribution in [0.25, 0.3) is 0 Å². The Morgan fingerprint density at radius 3 is 2.50 bits per heavy atom. The van der Waals surface area contributed by atoms with E-state index in [-0.39, 0.29) is 17.9 Å². The highest BCUT2D eigenvalue weighted by Gasteiger charge is 2.41. The van der Waals surface area contributed by atoms with Crippen molar-refractivity contribution in [1.29, 1.82) is 0 Å². The highest BCUT2D eigenvalue weighted by Crippen LogP contribution is 2.32. The van der Waals surface area contributed by atoms with Gasteiger partial charge in [-0.2, -0.15) is 0 Å². The van der Waals surface area contributed by atoms with Crippen LogP contribution in [-0.2, 0) is 9.47 Å². The number of carbonyl (C=O) groups is 2. The van der Waals surface area contributed by atoms with Gasteiger partial charge >= 0.3 is 6.03 Å². The Hall–Kier alpha value is -3.10. The van der Waals surface area contributed by atoms with E-state index in [9.17, 15) is 9.59 Å². The minimum absolute atomic E-state index is 0.0469. The summed E-state index contributed by atoms with van der Waals surface area (Å²) < 4.78 is 17.1. The number of hydrogen-bond donors (Lipinski definition) is 1. The average Bonchev–Trinajstić information content (AvgIpc) is 3.38. The molecule has 3 aliphatic rings. The summed E-state index contributed by atoms with van der Waals surface area (Å²) in [6, 6.07) is 15.2. The van der Waals surface area contributed by atoms with Gasteiger partial charge in [0.15, 0.2) is 5.79 Å².